The van der Waals surface area contributed by atoms with Gasteiger partial charge in [-0.1, -0.05) is 53.2 Å². The summed E-state index contributed by atoms with van der Waals surface area (Å²) in [6.45, 7) is 4.03. The smallest absolute Gasteiger partial charge is 0.258 e. The standard InChI is InChI=1S/C29H25FN4OS/c1-17-9-11-20(12-10-17)27-32-28(35-33-27)25-18(2)34(24-14-13-19-5-3-6-21(19)16-24)29(36)31-26(25)22-7-4-8-23(30)15-22/h4,7-16,26H,3,5-6H2,1-2H3,(H,31,36). The lowest BCUT2D eigenvalue weighted by atomic mass is 9.94. The topological polar surface area (TPSA) is 54.2 Å². The molecule has 0 bridgehead atoms. The number of rotatable bonds is 4. The lowest BCUT2D eigenvalue weighted by Crippen LogP contribution is -2.46. The maximum Gasteiger partial charge on any atom is 0.258 e. The second kappa shape index (κ2) is 8.99. The van der Waals surface area contributed by atoms with E-state index in [-0.39, 0.29) is 5.82 Å². The van der Waals surface area contributed by atoms with Gasteiger partial charge in [0.25, 0.3) is 5.89 Å². The van der Waals surface area contributed by atoms with Crippen LogP contribution in [0.15, 0.2) is 77.0 Å². The Morgan fingerprint density at radius 3 is 2.61 bits per heavy atom. The van der Waals surface area contributed by atoms with E-state index >= 15 is 0 Å². The maximum atomic E-state index is 14.2. The minimum Gasteiger partial charge on any atom is -0.351 e. The minimum absolute atomic E-state index is 0.316. The van der Waals surface area contributed by atoms with E-state index in [2.05, 4.69) is 28.7 Å². The molecule has 1 aromatic heterocycles. The molecule has 180 valence electrons. The van der Waals surface area contributed by atoms with Gasteiger partial charge >= 0.3 is 0 Å². The summed E-state index contributed by atoms with van der Waals surface area (Å²) in [6.07, 6.45) is 3.36. The molecule has 1 atom stereocenters. The van der Waals surface area contributed by atoms with Crippen LogP contribution in [-0.2, 0) is 12.8 Å². The van der Waals surface area contributed by atoms with Gasteiger partial charge in [-0.3, -0.25) is 4.90 Å². The Kier molecular flexibility index (Phi) is 5.64. The van der Waals surface area contributed by atoms with E-state index in [1.165, 1.54) is 29.7 Å². The van der Waals surface area contributed by atoms with Crippen LogP contribution in [0.5, 0.6) is 0 Å². The third-order valence-electron chi connectivity index (χ3n) is 6.97. The number of nitrogens with zero attached hydrogens (tertiary/aromatic N) is 3. The van der Waals surface area contributed by atoms with Gasteiger partial charge in [0.1, 0.15) is 5.82 Å². The molecule has 0 saturated carbocycles. The van der Waals surface area contributed by atoms with Crippen LogP contribution in [0.25, 0.3) is 17.0 Å². The molecule has 5 nitrogen and oxygen atoms in total. The van der Waals surface area contributed by atoms with E-state index in [9.17, 15) is 4.39 Å². The van der Waals surface area contributed by atoms with Crippen LogP contribution >= 0.6 is 12.2 Å². The highest BCUT2D eigenvalue weighted by Crippen LogP contribution is 2.40. The molecular formula is C29H25FN4OS. The summed E-state index contributed by atoms with van der Waals surface area (Å²) in [5, 5.41) is 8.22. The number of aromatic nitrogens is 2. The molecule has 2 heterocycles. The van der Waals surface area contributed by atoms with Crippen molar-refractivity contribution in [2.24, 2.45) is 0 Å². The van der Waals surface area contributed by atoms with E-state index in [4.69, 9.17) is 21.7 Å². The Balaban J connectivity index is 1.49. The Bertz CT molecular complexity index is 1510. The number of anilines is 1. The Hall–Kier alpha value is -3.84. The van der Waals surface area contributed by atoms with Crippen LogP contribution in [0, 0.1) is 12.7 Å². The number of benzene rings is 3. The highest BCUT2D eigenvalue weighted by atomic mass is 32.1. The molecule has 4 aromatic rings. The van der Waals surface area contributed by atoms with Crippen LogP contribution < -0.4 is 10.2 Å². The van der Waals surface area contributed by atoms with Gasteiger partial charge in [-0.25, -0.2) is 4.39 Å². The predicted octanol–water partition coefficient (Wildman–Crippen LogP) is 6.54. The van der Waals surface area contributed by atoms with Crippen molar-refractivity contribution in [1.82, 2.24) is 15.5 Å². The minimum atomic E-state index is -0.440. The van der Waals surface area contributed by atoms with Crippen molar-refractivity contribution < 1.29 is 8.91 Å². The van der Waals surface area contributed by atoms with Crippen LogP contribution in [0.4, 0.5) is 10.1 Å². The fraction of sp³-hybridized carbons (Fsp3) is 0.207. The zero-order valence-electron chi connectivity index (χ0n) is 20.1. The SMILES string of the molecule is CC1=C(c2nc(-c3ccc(C)cc3)no2)C(c2cccc(F)c2)NC(=S)N1c1ccc2c(c1)CCC2. The number of thiocarbonyl (C=S) groups is 1. The van der Waals surface area contributed by atoms with E-state index in [1.807, 2.05) is 49.1 Å². The largest absolute Gasteiger partial charge is 0.351 e. The lowest BCUT2D eigenvalue weighted by Gasteiger charge is -2.37. The Morgan fingerprint density at radius 2 is 1.81 bits per heavy atom. The van der Waals surface area contributed by atoms with Gasteiger partial charge in [0.2, 0.25) is 5.82 Å². The molecule has 3 aromatic carbocycles. The first-order chi connectivity index (χ1) is 17.5. The lowest BCUT2D eigenvalue weighted by molar-refractivity contribution is 0.404. The van der Waals surface area contributed by atoms with Crippen molar-refractivity contribution in [1.29, 1.82) is 0 Å². The summed E-state index contributed by atoms with van der Waals surface area (Å²) in [5.74, 6) is 0.558. The molecule has 2 aliphatic rings. The first-order valence-corrected chi connectivity index (χ1v) is 12.5. The van der Waals surface area contributed by atoms with Gasteiger partial charge in [-0.15, -0.1) is 0 Å². The molecular weight excluding hydrogens is 471 g/mol. The molecule has 1 aliphatic heterocycles. The van der Waals surface area contributed by atoms with Crippen molar-refractivity contribution >= 4 is 28.6 Å². The van der Waals surface area contributed by atoms with Crippen molar-refractivity contribution in [3.8, 4) is 11.4 Å². The van der Waals surface area contributed by atoms with Gasteiger partial charge in [-0.2, -0.15) is 4.98 Å². The van der Waals surface area contributed by atoms with Gasteiger partial charge < -0.3 is 9.84 Å². The third-order valence-corrected chi connectivity index (χ3v) is 7.27. The highest BCUT2D eigenvalue weighted by molar-refractivity contribution is 7.80. The van der Waals surface area contributed by atoms with Gasteiger partial charge in [0.15, 0.2) is 5.11 Å². The number of allylic oxidation sites excluding steroid dienone is 1. The number of hydrogen-bond acceptors (Lipinski definition) is 4. The Labute approximate surface area is 214 Å². The number of aryl methyl sites for hydroxylation is 3. The number of fused-ring (bicyclic) bond motifs is 1. The normalized spacial score (nSPS) is 17.4. The van der Waals surface area contributed by atoms with E-state index in [0.717, 1.165) is 46.5 Å². The third kappa shape index (κ3) is 3.99. The van der Waals surface area contributed by atoms with E-state index in [1.54, 1.807) is 6.07 Å². The van der Waals surface area contributed by atoms with Crippen LogP contribution in [0.3, 0.4) is 0 Å². The highest BCUT2D eigenvalue weighted by Gasteiger charge is 2.35. The Morgan fingerprint density at radius 1 is 1.00 bits per heavy atom. The van der Waals surface area contributed by atoms with Crippen molar-refractivity contribution in [2.45, 2.75) is 39.2 Å². The fourth-order valence-corrected chi connectivity index (χ4v) is 5.48. The number of halogens is 1. The molecule has 1 N–H and O–H groups in total. The zero-order chi connectivity index (χ0) is 24.8. The zero-order valence-corrected chi connectivity index (χ0v) is 20.9. The summed E-state index contributed by atoms with van der Waals surface area (Å²) >= 11 is 5.84. The van der Waals surface area contributed by atoms with Gasteiger partial charge in [0.05, 0.1) is 11.6 Å². The fourth-order valence-electron chi connectivity index (χ4n) is 5.12. The molecule has 0 fully saturated rings. The van der Waals surface area contributed by atoms with Gasteiger partial charge in [-0.05, 0) is 86.3 Å². The second-order valence-electron chi connectivity index (χ2n) is 9.37. The summed E-state index contributed by atoms with van der Waals surface area (Å²) in [6, 6.07) is 20.6. The van der Waals surface area contributed by atoms with Crippen molar-refractivity contribution in [2.75, 3.05) is 4.90 Å². The van der Waals surface area contributed by atoms with Crippen LogP contribution in [0.2, 0.25) is 0 Å². The predicted molar refractivity (Wildman–Crippen MR) is 143 cm³/mol. The van der Waals surface area contributed by atoms with E-state index < -0.39 is 6.04 Å². The number of nitrogens with one attached hydrogen (secondary N) is 1. The first kappa shape index (κ1) is 22.6. The average molecular weight is 497 g/mol. The molecule has 6 rings (SSSR count). The van der Waals surface area contributed by atoms with Crippen molar-refractivity contribution in [3.05, 3.63) is 106 Å². The monoisotopic (exact) mass is 496 g/mol. The molecule has 0 spiro atoms. The summed E-state index contributed by atoms with van der Waals surface area (Å²) in [4.78, 5) is 6.76. The average Bonchev–Trinajstić information content (AvgIpc) is 3.54. The summed E-state index contributed by atoms with van der Waals surface area (Å²) < 4.78 is 20.0. The first-order valence-electron chi connectivity index (χ1n) is 12.1. The maximum absolute atomic E-state index is 14.2. The quantitative estimate of drug-likeness (QED) is 0.324. The molecule has 0 radical (unpaired) electrons. The summed E-state index contributed by atoms with van der Waals surface area (Å²) in [5.41, 5.74) is 8.12. The molecule has 0 amide bonds. The van der Waals surface area contributed by atoms with E-state index in [0.29, 0.717) is 16.8 Å². The molecule has 1 unspecified atom stereocenters. The molecule has 0 saturated heterocycles. The molecule has 1 aliphatic carbocycles. The van der Waals surface area contributed by atoms with Crippen molar-refractivity contribution in [3.63, 3.8) is 0 Å². The van der Waals surface area contributed by atoms with Crippen LogP contribution in [0.1, 0.15) is 47.5 Å². The second-order valence-corrected chi connectivity index (χ2v) is 9.75. The molecule has 36 heavy (non-hydrogen) atoms. The van der Waals surface area contributed by atoms with Gasteiger partial charge in [0, 0.05) is 16.9 Å². The summed E-state index contributed by atoms with van der Waals surface area (Å²) in [7, 11) is 0. The number of hydrogen-bond donors (Lipinski definition) is 1. The van der Waals surface area contributed by atoms with Crippen LogP contribution in [-0.4, -0.2) is 15.3 Å². The molecule has 7 heteroatoms.